The first-order valence-corrected chi connectivity index (χ1v) is 8.74. The van der Waals surface area contributed by atoms with Crippen LogP contribution in [0.25, 0.3) is 11.4 Å². The topological polar surface area (TPSA) is 67.9 Å². The summed E-state index contributed by atoms with van der Waals surface area (Å²) in [6, 6.07) is 9.88. The van der Waals surface area contributed by atoms with E-state index in [4.69, 9.17) is 4.52 Å². The summed E-state index contributed by atoms with van der Waals surface area (Å²) >= 11 is 3.37. The van der Waals surface area contributed by atoms with E-state index < -0.39 is 0 Å². The van der Waals surface area contributed by atoms with Crippen LogP contribution in [-0.2, 0) is 0 Å². The average molecular weight is 386 g/mol. The first kappa shape index (κ1) is 15.3. The number of rotatable bonds is 3. The van der Waals surface area contributed by atoms with Crippen LogP contribution in [0.2, 0.25) is 0 Å². The van der Waals surface area contributed by atoms with E-state index in [1.165, 1.54) is 0 Å². The Hall–Kier alpha value is -2.28. The Morgan fingerprint density at radius 3 is 2.67 bits per heavy atom. The summed E-state index contributed by atoms with van der Waals surface area (Å²) in [6.45, 7) is 0.884. The van der Waals surface area contributed by atoms with Crippen molar-refractivity contribution in [3.8, 4) is 11.4 Å². The minimum atomic E-state index is 0.0184. The number of aromatic nitrogens is 4. The summed E-state index contributed by atoms with van der Waals surface area (Å²) in [4.78, 5) is 15.6. The molecule has 122 valence electrons. The molecule has 1 aliphatic heterocycles. The van der Waals surface area contributed by atoms with Crippen molar-refractivity contribution in [2.24, 2.45) is 0 Å². The molecule has 0 unspecified atom stereocenters. The fourth-order valence-electron chi connectivity index (χ4n) is 2.96. The molecule has 1 saturated heterocycles. The van der Waals surface area contributed by atoms with Crippen LogP contribution in [0.15, 0.2) is 51.7 Å². The monoisotopic (exact) mass is 385 g/mol. The number of halogens is 1. The standard InChI is InChI=1S/C17H16BrN5O/c18-13-10-19-17(20-11-13)23-9-5-4-8-14(23)16-21-15(22-24-16)12-6-2-1-3-7-12/h1-3,6-7,10-11,14H,4-5,8-9H2/t14-/m1/s1. The highest BCUT2D eigenvalue weighted by Gasteiger charge is 2.30. The minimum Gasteiger partial charge on any atom is -0.337 e. The van der Waals surface area contributed by atoms with Crippen LogP contribution in [0.5, 0.6) is 0 Å². The number of piperidine rings is 1. The Morgan fingerprint density at radius 2 is 1.88 bits per heavy atom. The summed E-state index contributed by atoms with van der Waals surface area (Å²) in [6.07, 6.45) is 6.71. The zero-order valence-corrected chi connectivity index (χ0v) is 14.6. The van der Waals surface area contributed by atoms with Gasteiger partial charge in [-0.05, 0) is 35.2 Å². The zero-order chi connectivity index (χ0) is 16.4. The van der Waals surface area contributed by atoms with Gasteiger partial charge in [0.15, 0.2) is 0 Å². The molecule has 0 aliphatic carbocycles. The molecule has 6 nitrogen and oxygen atoms in total. The lowest BCUT2D eigenvalue weighted by molar-refractivity contribution is 0.321. The van der Waals surface area contributed by atoms with Crippen molar-refractivity contribution in [3.63, 3.8) is 0 Å². The summed E-state index contributed by atoms with van der Waals surface area (Å²) < 4.78 is 6.43. The van der Waals surface area contributed by atoms with E-state index in [9.17, 15) is 0 Å². The molecule has 0 N–H and O–H groups in total. The molecule has 0 bridgehead atoms. The van der Waals surface area contributed by atoms with Gasteiger partial charge in [0.25, 0.3) is 0 Å². The number of hydrogen-bond donors (Lipinski definition) is 0. The van der Waals surface area contributed by atoms with Gasteiger partial charge in [0.05, 0.1) is 4.47 Å². The van der Waals surface area contributed by atoms with Crippen molar-refractivity contribution in [2.45, 2.75) is 25.3 Å². The lowest BCUT2D eigenvalue weighted by atomic mass is 10.0. The summed E-state index contributed by atoms with van der Waals surface area (Å²) in [5.41, 5.74) is 0.953. The van der Waals surface area contributed by atoms with E-state index in [2.05, 4.69) is 40.9 Å². The molecule has 7 heteroatoms. The van der Waals surface area contributed by atoms with Gasteiger partial charge in [-0.1, -0.05) is 35.5 Å². The van der Waals surface area contributed by atoms with Crippen LogP contribution in [0.3, 0.4) is 0 Å². The summed E-state index contributed by atoms with van der Waals surface area (Å²) in [5, 5.41) is 4.14. The Balaban J connectivity index is 1.64. The van der Waals surface area contributed by atoms with E-state index in [1.807, 2.05) is 30.3 Å². The van der Waals surface area contributed by atoms with Crippen LogP contribution in [0.4, 0.5) is 5.95 Å². The number of nitrogens with zero attached hydrogens (tertiary/aromatic N) is 5. The van der Waals surface area contributed by atoms with Gasteiger partial charge in [0.1, 0.15) is 6.04 Å². The van der Waals surface area contributed by atoms with Crippen molar-refractivity contribution in [3.05, 3.63) is 53.1 Å². The lowest BCUT2D eigenvalue weighted by Gasteiger charge is -2.33. The molecule has 0 radical (unpaired) electrons. The van der Waals surface area contributed by atoms with Crippen molar-refractivity contribution < 1.29 is 4.52 Å². The van der Waals surface area contributed by atoms with Crippen LogP contribution >= 0.6 is 15.9 Å². The molecule has 1 aliphatic rings. The molecule has 0 amide bonds. The van der Waals surface area contributed by atoms with Crippen molar-refractivity contribution in [1.29, 1.82) is 0 Å². The van der Waals surface area contributed by atoms with E-state index >= 15 is 0 Å². The van der Waals surface area contributed by atoms with E-state index in [1.54, 1.807) is 12.4 Å². The van der Waals surface area contributed by atoms with Crippen LogP contribution < -0.4 is 4.90 Å². The van der Waals surface area contributed by atoms with Gasteiger partial charge in [0.2, 0.25) is 17.7 Å². The molecule has 24 heavy (non-hydrogen) atoms. The molecule has 1 fully saturated rings. The molecule has 0 spiro atoms. The molecular formula is C17H16BrN5O. The fraction of sp³-hybridized carbons (Fsp3) is 0.294. The average Bonchev–Trinajstić information content (AvgIpc) is 3.13. The van der Waals surface area contributed by atoms with E-state index in [0.29, 0.717) is 17.7 Å². The lowest BCUT2D eigenvalue weighted by Crippen LogP contribution is -2.34. The molecule has 0 saturated carbocycles. The maximum absolute atomic E-state index is 5.57. The molecule has 3 aromatic rings. The minimum absolute atomic E-state index is 0.0184. The first-order chi connectivity index (χ1) is 11.8. The first-order valence-electron chi connectivity index (χ1n) is 7.94. The molecule has 4 rings (SSSR count). The Kier molecular flexibility index (Phi) is 4.25. The third kappa shape index (κ3) is 3.03. The normalized spacial score (nSPS) is 17.9. The molecule has 3 heterocycles. The maximum atomic E-state index is 5.57. The van der Waals surface area contributed by atoms with Crippen molar-refractivity contribution in [1.82, 2.24) is 20.1 Å². The van der Waals surface area contributed by atoms with E-state index in [-0.39, 0.29) is 6.04 Å². The van der Waals surface area contributed by atoms with Gasteiger partial charge in [0, 0.05) is 24.5 Å². The van der Waals surface area contributed by atoms with Gasteiger partial charge in [-0.2, -0.15) is 4.98 Å². The molecule has 1 aromatic carbocycles. The SMILES string of the molecule is Brc1cnc(N2CCCC[C@@H]2c2nc(-c3ccccc3)no2)nc1. The predicted molar refractivity (Wildman–Crippen MR) is 93.4 cm³/mol. The largest absolute Gasteiger partial charge is 0.337 e. The van der Waals surface area contributed by atoms with Crippen molar-refractivity contribution >= 4 is 21.9 Å². The highest BCUT2D eigenvalue weighted by molar-refractivity contribution is 9.10. The maximum Gasteiger partial charge on any atom is 0.249 e. The van der Waals surface area contributed by atoms with Crippen LogP contribution in [0.1, 0.15) is 31.2 Å². The van der Waals surface area contributed by atoms with E-state index in [0.717, 1.165) is 35.8 Å². The highest BCUT2D eigenvalue weighted by Crippen LogP contribution is 2.33. The Morgan fingerprint density at radius 1 is 1.08 bits per heavy atom. The second-order valence-corrected chi connectivity index (χ2v) is 6.64. The van der Waals surface area contributed by atoms with Crippen molar-refractivity contribution in [2.75, 3.05) is 11.4 Å². The second kappa shape index (κ2) is 6.68. The quantitative estimate of drug-likeness (QED) is 0.677. The number of benzene rings is 1. The second-order valence-electron chi connectivity index (χ2n) is 5.73. The van der Waals surface area contributed by atoms with Gasteiger partial charge < -0.3 is 9.42 Å². The highest BCUT2D eigenvalue weighted by atomic mass is 79.9. The molecular weight excluding hydrogens is 370 g/mol. The smallest absolute Gasteiger partial charge is 0.249 e. The zero-order valence-electron chi connectivity index (χ0n) is 13.0. The third-order valence-electron chi connectivity index (χ3n) is 4.13. The van der Waals surface area contributed by atoms with Gasteiger partial charge in [-0.25, -0.2) is 9.97 Å². The number of hydrogen-bond acceptors (Lipinski definition) is 6. The summed E-state index contributed by atoms with van der Waals surface area (Å²) in [7, 11) is 0. The van der Waals surface area contributed by atoms with Crippen LogP contribution in [-0.4, -0.2) is 26.7 Å². The van der Waals surface area contributed by atoms with Gasteiger partial charge in [-0.15, -0.1) is 0 Å². The third-order valence-corrected chi connectivity index (χ3v) is 4.53. The van der Waals surface area contributed by atoms with Crippen LogP contribution in [0, 0.1) is 0 Å². The molecule has 2 aromatic heterocycles. The predicted octanol–water partition coefficient (Wildman–Crippen LogP) is 4.02. The number of anilines is 1. The summed E-state index contributed by atoms with van der Waals surface area (Å²) in [5.74, 6) is 1.94. The fourth-order valence-corrected chi connectivity index (χ4v) is 3.16. The molecule has 1 atom stereocenters. The Labute approximate surface area is 148 Å². The van der Waals surface area contributed by atoms with Gasteiger partial charge in [-0.3, -0.25) is 0 Å². The van der Waals surface area contributed by atoms with Gasteiger partial charge >= 0.3 is 0 Å². The Bertz CT molecular complexity index is 805.